The Labute approximate surface area is 81.7 Å². The molecule has 13 heavy (non-hydrogen) atoms. The van der Waals surface area contributed by atoms with Gasteiger partial charge in [-0.3, -0.25) is 4.79 Å². The van der Waals surface area contributed by atoms with Gasteiger partial charge in [0.15, 0.2) is 5.82 Å². The minimum Gasteiger partial charge on any atom is -0.259 e. The lowest BCUT2D eigenvalue weighted by Gasteiger charge is -2.11. The first-order valence-corrected chi connectivity index (χ1v) is 5.18. The van der Waals surface area contributed by atoms with Crippen molar-refractivity contribution in [1.82, 2.24) is 14.8 Å². The minimum atomic E-state index is -0.108. The number of carbonyl (C=O) groups is 1. The van der Waals surface area contributed by atoms with E-state index in [1.807, 2.05) is 20.8 Å². The number of carbonyl (C=O) groups excluding carboxylic acids is 1. The summed E-state index contributed by atoms with van der Waals surface area (Å²) in [5.74, 6) is 0.690. The maximum Gasteiger partial charge on any atom is 0.307 e. The van der Waals surface area contributed by atoms with Gasteiger partial charge in [0.2, 0.25) is 0 Å². The topological polar surface area (TPSA) is 47.8 Å². The molecule has 1 rings (SSSR count). The Morgan fingerprint density at radius 1 is 1.54 bits per heavy atom. The van der Waals surface area contributed by atoms with Crippen molar-refractivity contribution in [2.75, 3.05) is 6.26 Å². The van der Waals surface area contributed by atoms with E-state index >= 15 is 0 Å². The largest absolute Gasteiger partial charge is 0.307 e. The summed E-state index contributed by atoms with van der Waals surface area (Å²) in [5.41, 5.74) is -0.107. The third-order valence-corrected chi connectivity index (χ3v) is 2.06. The molecule has 0 aromatic carbocycles. The molecule has 4 nitrogen and oxygen atoms in total. The molecule has 0 aliphatic carbocycles. The summed E-state index contributed by atoms with van der Waals surface area (Å²) < 4.78 is 1.27. The van der Waals surface area contributed by atoms with Crippen LogP contribution in [0.3, 0.4) is 0 Å². The molecule has 0 saturated heterocycles. The van der Waals surface area contributed by atoms with Crippen LogP contribution in [0.5, 0.6) is 0 Å². The fourth-order valence-corrected chi connectivity index (χ4v) is 1.06. The van der Waals surface area contributed by atoms with E-state index in [9.17, 15) is 4.79 Å². The van der Waals surface area contributed by atoms with Gasteiger partial charge in [-0.15, -0.1) is 5.10 Å². The molecule has 0 bridgehead atoms. The highest BCUT2D eigenvalue weighted by molar-refractivity contribution is 8.13. The highest BCUT2D eigenvalue weighted by Crippen LogP contribution is 2.17. The van der Waals surface area contributed by atoms with Crippen LogP contribution >= 0.6 is 11.8 Å². The van der Waals surface area contributed by atoms with E-state index in [1.54, 1.807) is 6.26 Å². The van der Waals surface area contributed by atoms with Crippen molar-refractivity contribution in [1.29, 1.82) is 0 Å². The zero-order valence-electron chi connectivity index (χ0n) is 8.24. The number of rotatable bonds is 0. The van der Waals surface area contributed by atoms with Crippen LogP contribution < -0.4 is 0 Å². The molecule has 0 fully saturated rings. The van der Waals surface area contributed by atoms with Gasteiger partial charge in [-0.05, 0) is 6.26 Å². The van der Waals surface area contributed by atoms with Crippen LogP contribution in [-0.2, 0) is 5.41 Å². The van der Waals surface area contributed by atoms with Gasteiger partial charge in [0.25, 0.3) is 0 Å². The van der Waals surface area contributed by atoms with E-state index in [2.05, 4.69) is 10.1 Å². The molecular weight excluding hydrogens is 186 g/mol. The SMILES string of the molecule is CSC(=O)n1cnc(C(C)(C)C)n1. The van der Waals surface area contributed by atoms with E-state index in [1.165, 1.54) is 11.0 Å². The number of nitrogens with zero attached hydrogens (tertiary/aromatic N) is 3. The van der Waals surface area contributed by atoms with Crippen molar-refractivity contribution in [3.63, 3.8) is 0 Å². The van der Waals surface area contributed by atoms with Gasteiger partial charge in [0.1, 0.15) is 6.33 Å². The molecule has 1 heterocycles. The van der Waals surface area contributed by atoms with E-state index in [4.69, 9.17) is 0 Å². The molecule has 0 radical (unpaired) electrons. The average molecular weight is 199 g/mol. The van der Waals surface area contributed by atoms with E-state index in [-0.39, 0.29) is 10.7 Å². The van der Waals surface area contributed by atoms with Crippen LogP contribution in [0.4, 0.5) is 4.79 Å². The van der Waals surface area contributed by atoms with Crippen LogP contribution in [0.2, 0.25) is 0 Å². The number of hydrogen-bond acceptors (Lipinski definition) is 4. The van der Waals surface area contributed by atoms with Crippen molar-refractivity contribution in [2.45, 2.75) is 26.2 Å². The third kappa shape index (κ3) is 2.30. The highest BCUT2D eigenvalue weighted by atomic mass is 32.2. The molecule has 0 aliphatic heterocycles. The molecule has 0 atom stereocenters. The molecule has 72 valence electrons. The molecule has 5 heteroatoms. The molecule has 1 aromatic rings. The summed E-state index contributed by atoms with van der Waals surface area (Å²) in [5, 5.41) is 3.98. The molecule has 0 spiro atoms. The lowest BCUT2D eigenvalue weighted by Crippen LogP contribution is -2.15. The van der Waals surface area contributed by atoms with Crippen LogP contribution in [0.1, 0.15) is 26.6 Å². The van der Waals surface area contributed by atoms with E-state index in [0.717, 1.165) is 11.8 Å². The van der Waals surface area contributed by atoms with Crippen LogP contribution in [0.15, 0.2) is 6.33 Å². The zero-order valence-corrected chi connectivity index (χ0v) is 9.05. The van der Waals surface area contributed by atoms with Crippen LogP contribution in [0, 0.1) is 0 Å². The smallest absolute Gasteiger partial charge is 0.259 e. The van der Waals surface area contributed by atoms with Crippen molar-refractivity contribution in [3.8, 4) is 0 Å². The van der Waals surface area contributed by atoms with Gasteiger partial charge in [-0.2, -0.15) is 4.68 Å². The molecule has 0 aliphatic rings. The summed E-state index contributed by atoms with van der Waals surface area (Å²) in [4.78, 5) is 15.3. The summed E-state index contributed by atoms with van der Waals surface area (Å²) in [6.45, 7) is 6.03. The Morgan fingerprint density at radius 3 is 2.54 bits per heavy atom. The Hall–Kier alpha value is -0.840. The normalized spacial score (nSPS) is 11.7. The Morgan fingerprint density at radius 2 is 2.15 bits per heavy atom. The fourth-order valence-electron chi connectivity index (χ4n) is 0.788. The van der Waals surface area contributed by atoms with Crippen molar-refractivity contribution < 1.29 is 4.79 Å². The first-order valence-electron chi connectivity index (χ1n) is 3.95. The Bertz CT molecular complexity index is 313. The molecule has 1 aromatic heterocycles. The zero-order chi connectivity index (χ0) is 10.1. The number of thioether (sulfide) groups is 1. The summed E-state index contributed by atoms with van der Waals surface area (Å²) >= 11 is 1.12. The molecule has 0 N–H and O–H groups in total. The maximum absolute atomic E-state index is 11.2. The second-order valence-corrected chi connectivity index (χ2v) is 4.49. The average Bonchev–Trinajstić information content (AvgIpc) is 2.50. The van der Waals surface area contributed by atoms with E-state index in [0.29, 0.717) is 5.82 Å². The third-order valence-electron chi connectivity index (χ3n) is 1.52. The number of hydrogen-bond donors (Lipinski definition) is 0. The van der Waals surface area contributed by atoms with Gasteiger partial charge < -0.3 is 0 Å². The van der Waals surface area contributed by atoms with Crippen LogP contribution in [0.25, 0.3) is 0 Å². The van der Waals surface area contributed by atoms with Gasteiger partial charge in [-0.25, -0.2) is 4.98 Å². The summed E-state index contributed by atoms with van der Waals surface area (Å²) in [6, 6.07) is 0. The van der Waals surface area contributed by atoms with Gasteiger partial charge in [0.05, 0.1) is 0 Å². The van der Waals surface area contributed by atoms with Crippen molar-refractivity contribution in [3.05, 3.63) is 12.2 Å². The molecular formula is C8H13N3OS. The van der Waals surface area contributed by atoms with Crippen LogP contribution in [-0.4, -0.2) is 26.3 Å². The van der Waals surface area contributed by atoms with Gasteiger partial charge in [-0.1, -0.05) is 32.5 Å². The predicted molar refractivity (Wildman–Crippen MR) is 53.0 cm³/mol. The van der Waals surface area contributed by atoms with E-state index < -0.39 is 0 Å². The number of aromatic nitrogens is 3. The molecule has 0 unspecified atom stereocenters. The second kappa shape index (κ2) is 3.49. The monoisotopic (exact) mass is 199 g/mol. The minimum absolute atomic E-state index is 0.107. The lowest BCUT2D eigenvalue weighted by atomic mass is 9.96. The Kier molecular flexibility index (Phi) is 2.75. The maximum atomic E-state index is 11.2. The standard InChI is InChI=1S/C8H13N3OS/c1-8(2,3)6-9-5-11(10-6)7(12)13-4/h5H,1-4H3. The van der Waals surface area contributed by atoms with Gasteiger partial charge >= 0.3 is 5.24 Å². The summed E-state index contributed by atoms with van der Waals surface area (Å²) in [6.07, 6.45) is 3.18. The molecule has 0 amide bonds. The van der Waals surface area contributed by atoms with Crippen molar-refractivity contribution >= 4 is 17.0 Å². The first kappa shape index (κ1) is 10.2. The predicted octanol–water partition coefficient (Wildman–Crippen LogP) is 1.91. The van der Waals surface area contributed by atoms with Gasteiger partial charge in [0, 0.05) is 5.41 Å². The Balaban J connectivity index is 2.93. The van der Waals surface area contributed by atoms with Crippen molar-refractivity contribution in [2.24, 2.45) is 0 Å². The fraction of sp³-hybridized carbons (Fsp3) is 0.625. The first-order chi connectivity index (χ1) is 5.95. The summed E-state index contributed by atoms with van der Waals surface area (Å²) in [7, 11) is 0. The highest BCUT2D eigenvalue weighted by Gasteiger charge is 2.19. The quantitative estimate of drug-likeness (QED) is 0.640. The second-order valence-electron chi connectivity index (χ2n) is 3.73. The lowest BCUT2D eigenvalue weighted by molar-refractivity contribution is 0.259. The molecule has 0 saturated carbocycles.